The van der Waals surface area contributed by atoms with Crippen LogP contribution in [0.1, 0.15) is 107 Å². The third-order valence-electron chi connectivity index (χ3n) is 18.2. The van der Waals surface area contributed by atoms with E-state index >= 15 is 4.79 Å². The van der Waals surface area contributed by atoms with Crippen LogP contribution in [0.25, 0.3) is 0 Å². The third-order valence-corrected chi connectivity index (χ3v) is 18.2. The molecule has 7 aliphatic rings. The second-order valence-corrected chi connectivity index (χ2v) is 23.3. The Balaban J connectivity index is 1.12. The van der Waals surface area contributed by atoms with Crippen LogP contribution in [0.3, 0.4) is 0 Å². The fourth-order valence-electron chi connectivity index (χ4n) is 13.9. The van der Waals surface area contributed by atoms with Crippen molar-refractivity contribution in [3.8, 4) is 0 Å². The Labute approximate surface area is 397 Å². The van der Waals surface area contributed by atoms with E-state index in [2.05, 4.69) is 13.0 Å². The highest BCUT2D eigenvalue weighted by Crippen LogP contribution is 2.74. The van der Waals surface area contributed by atoms with E-state index in [0.717, 1.165) is 5.57 Å². The average molecular weight is 977 g/mol. The summed E-state index contributed by atoms with van der Waals surface area (Å²) in [6.07, 6.45) is -22.8. The summed E-state index contributed by atoms with van der Waals surface area (Å²) in [7, 11) is 0. The highest BCUT2D eigenvalue weighted by atomic mass is 16.8. The number of carbonyl (C=O) groups is 1. The Morgan fingerprint density at radius 3 is 1.97 bits per heavy atom. The van der Waals surface area contributed by atoms with Crippen LogP contribution in [-0.4, -0.2) is 207 Å². The topological polar surface area (TPSA) is 335 Å². The lowest BCUT2D eigenvalue weighted by Gasteiger charge is -2.65. The monoisotopic (exact) mass is 977 g/mol. The predicted octanol–water partition coefficient (Wildman–Crippen LogP) is -1.73. The van der Waals surface area contributed by atoms with Gasteiger partial charge in [0.15, 0.2) is 18.9 Å². The zero-order valence-corrected chi connectivity index (χ0v) is 40.7. The summed E-state index contributed by atoms with van der Waals surface area (Å²) in [5.41, 5.74) is -5.11. The van der Waals surface area contributed by atoms with Gasteiger partial charge in [0.1, 0.15) is 72.9 Å². The van der Waals surface area contributed by atoms with E-state index in [1.54, 1.807) is 13.8 Å². The van der Waals surface area contributed by atoms with Gasteiger partial charge in [-0.2, -0.15) is 0 Å². The van der Waals surface area contributed by atoms with E-state index in [0.29, 0.717) is 25.7 Å². The van der Waals surface area contributed by atoms with Gasteiger partial charge in [0.2, 0.25) is 0 Å². The Bertz CT molecular complexity index is 1820. The number of aliphatic hydroxyl groups excluding tert-OH is 11. The van der Waals surface area contributed by atoms with Crippen molar-refractivity contribution in [3.05, 3.63) is 11.6 Å². The number of carbonyl (C=O) groups excluding carboxylic acids is 1. The van der Waals surface area contributed by atoms with Gasteiger partial charge in [0, 0.05) is 23.2 Å². The van der Waals surface area contributed by atoms with Gasteiger partial charge in [-0.25, -0.2) is 0 Å². The van der Waals surface area contributed by atoms with Crippen molar-refractivity contribution >= 4 is 5.78 Å². The van der Waals surface area contributed by atoms with Crippen molar-refractivity contribution < 1.29 is 99.6 Å². The second-order valence-electron chi connectivity index (χ2n) is 23.3. The summed E-state index contributed by atoms with van der Waals surface area (Å²) in [6, 6.07) is 0. The van der Waals surface area contributed by atoms with Gasteiger partial charge >= 0.3 is 0 Å². The molecular weight excluding hydrogens is 897 g/mol. The Morgan fingerprint density at radius 2 is 1.34 bits per heavy atom. The number of ketones is 1. The normalized spacial score (nSPS) is 50.9. The third kappa shape index (κ3) is 8.99. The van der Waals surface area contributed by atoms with Gasteiger partial charge in [-0.3, -0.25) is 4.79 Å². The summed E-state index contributed by atoms with van der Waals surface area (Å²) < 4.78 is 35.8. The molecule has 6 fully saturated rings. The molecular formula is C48H80O20. The molecule has 20 nitrogen and oxygen atoms in total. The molecule has 3 saturated heterocycles. The number of allylic oxidation sites excluding steroid dienone is 1. The molecule has 392 valence electrons. The first kappa shape index (κ1) is 54.4. The number of Topliss-reactive ketones (excluding diaryl/α,β-unsaturated/α-hetero) is 1. The Kier molecular flexibility index (Phi) is 15.3. The Hall–Kier alpha value is -1.35. The van der Waals surface area contributed by atoms with Gasteiger partial charge in [0.25, 0.3) is 0 Å². The van der Waals surface area contributed by atoms with Gasteiger partial charge < -0.3 is 94.8 Å². The molecule has 3 heterocycles. The van der Waals surface area contributed by atoms with Crippen LogP contribution in [0.15, 0.2) is 11.6 Å². The van der Waals surface area contributed by atoms with Crippen LogP contribution in [0.2, 0.25) is 0 Å². The number of hydrogen-bond donors (Lipinski definition) is 13. The highest BCUT2D eigenvalue weighted by molar-refractivity contribution is 5.88. The van der Waals surface area contributed by atoms with Crippen molar-refractivity contribution in [2.24, 2.45) is 39.4 Å². The van der Waals surface area contributed by atoms with Gasteiger partial charge in [-0.15, -0.1) is 0 Å². The molecule has 0 aromatic heterocycles. The van der Waals surface area contributed by atoms with Gasteiger partial charge in [-0.1, -0.05) is 46.3 Å². The second kappa shape index (κ2) is 19.2. The molecule has 4 aliphatic carbocycles. The van der Waals surface area contributed by atoms with E-state index < -0.39 is 162 Å². The number of hydrogen-bond acceptors (Lipinski definition) is 20. The van der Waals surface area contributed by atoms with Crippen LogP contribution in [0.4, 0.5) is 0 Å². The maximum absolute atomic E-state index is 15.0. The summed E-state index contributed by atoms with van der Waals surface area (Å²) in [4.78, 5) is 15.0. The first-order valence-electron chi connectivity index (χ1n) is 24.4. The van der Waals surface area contributed by atoms with E-state index in [1.165, 1.54) is 13.8 Å². The average Bonchev–Trinajstić information content (AvgIpc) is 3.47. The fourth-order valence-corrected chi connectivity index (χ4v) is 13.9. The SMILES string of the molecule is C[C@@H]1O[C@@H](O[C@H]2[C@H](O)[C@@H](O)[C@H](O[C@H]3CC[C@@H]4C(=CC[C@@H]5[C@@]4(C)C(=O)C[C@]4(C)[C@@H]([C@@](C)(O)[C@H](O)CCC(C)(C)O)[C@H](O)C[C@@]54C)C3(C)C)O[C@@H]2CO[C@@H]2O[C@H](CO)[C@@H](O)[C@H](O)[C@H]2O)[C@H](O)[C@H](O)[C@H]1O. The quantitative estimate of drug-likeness (QED) is 0.0912. The number of rotatable bonds is 13. The molecule has 20 heteroatoms. The molecule has 68 heavy (non-hydrogen) atoms. The Morgan fingerprint density at radius 1 is 0.750 bits per heavy atom. The molecule has 0 aromatic rings. The van der Waals surface area contributed by atoms with Crippen molar-refractivity contribution in [3.63, 3.8) is 0 Å². The first-order valence-corrected chi connectivity index (χ1v) is 24.4. The fraction of sp³-hybridized carbons (Fsp3) is 0.938. The summed E-state index contributed by atoms with van der Waals surface area (Å²) >= 11 is 0. The van der Waals surface area contributed by atoms with Crippen LogP contribution >= 0.6 is 0 Å². The molecule has 0 aromatic carbocycles. The lowest BCUT2D eigenvalue weighted by molar-refractivity contribution is -0.371. The molecule has 0 bridgehead atoms. The molecule has 0 unspecified atom stereocenters. The lowest BCUT2D eigenvalue weighted by Crippen LogP contribution is -2.66. The van der Waals surface area contributed by atoms with Crippen molar-refractivity contribution in [1.29, 1.82) is 0 Å². The molecule has 0 amide bonds. The summed E-state index contributed by atoms with van der Waals surface area (Å²) in [5, 5.41) is 142. The molecule has 13 N–H and O–H groups in total. The van der Waals surface area contributed by atoms with Crippen molar-refractivity contribution in [2.75, 3.05) is 13.2 Å². The van der Waals surface area contributed by atoms with Gasteiger partial charge in [0.05, 0.1) is 48.8 Å². The minimum absolute atomic E-state index is 0.0000496. The van der Waals surface area contributed by atoms with E-state index in [9.17, 15) is 66.4 Å². The first-order chi connectivity index (χ1) is 31.4. The van der Waals surface area contributed by atoms with Crippen LogP contribution < -0.4 is 0 Å². The van der Waals surface area contributed by atoms with E-state index in [4.69, 9.17) is 28.4 Å². The van der Waals surface area contributed by atoms with Crippen LogP contribution in [0.5, 0.6) is 0 Å². The highest BCUT2D eigenvalue weighted by Gasteiger charge is 2.74. The maximum Gasteiger partial charge on any atom is 0.187 e. The van der Waals surface area contributed by atoms with Crippen molar-refractivity contribution in [1.82, 2.24) is 0 Å². The number of aliphatic hydroxyl groups is 13. The van der Waals surface area contributed by atoms with Crippen LogP contribution in [-0.2, 0) is 33.2 Å². The van der Waals surface area contributed by atoms with E-state index in [-0.39, 0.29) is 36.9 Å². The van der Waals surface area contributed by atoms with E-state index in [1.807, 2.05) is 27.7 Å². The van der Waals surface area contributed by atoms with Gasteiger partial charge in [-0.05, 0) is 88.9 Å². The smallest absolute Gasteiger partial charge is 0.187 e. The van der Waals surface area contributed by atoms with Crippen molar-refractivity contribution in [2.45, 2.75) is 229 Å². The molecule has 0 spiro atoms. The summed E-state index contributed by atoms with van der Waals surface area (Å²) in [5.74, 6) is -1.34. The number of ether oxygens (including phenoxy) is 6. The predicted molar refractivity (Wildman–Crippen MR) is 235 cm³/mol. The summed E-state index contributed by atoms with van der Waals surface area (Å²) in [6.45, 7) is 14.9. The minimum atomic E-state index is -1.83. The number of fused-ring (bicyclic) bond motifs is 5. The standard InChI is InChI=1S/C48H80O20/c1-20-30(53)32(55)36(59)41(64-20)68-38-25(19-63-40-35(58)33(56)31(54)24(18-49)65-40)66-42(37(60)34(38)57)67-29-13-11-22-21(44(29,4)5)10-12-26-45(6)16-23(50)39(46(45,7)17-28(52)47(22,26)8)48(9,62)27(51)14-15-43(2,3)61/h10,20,22-27,29-42,49-51,53-62H,11-19H2,1-9H3/t20-,22+,23+,24+,25+,26-,27+,29-,30-,31+,32+,33-,34+,35+,36+,37+,38+,39-,40+,41-,42-,45-,46+,47-,48-/m0/s1. The minimum Gasteiger partial charge on any atom is -0.394 e. The molecule has 25 atom stereocenters. The molecule has 3 aliphatic heterocycles. The lowest BCUT2D eigenvalue weighted by atomic mass is 9.38. The maximum atomic E-state index is 15.0. The van der Waals surface area contributed by atoms with Crippen LogP contribution in [0, 0.1) is 39.4 Å². The zero-order chi connectivity index (χ0) is 50.6. The molecule has 7 rings (SSSR count). The zero-order valence-electron chi connectivity index (χ0n) is 40.7. The molecule has 0 radical (unpaired) electrons. The molecule has 3 saturated carbocycles. The largest absolute Gasteiger partial charge is 0.394 e.